The highest BCUT2D eigenvalue weighted by atomic mass is 28.3. The Kier molecular flexibility index (Phi) is 6.98. The number of nitrogens with zero attached hydrogens (tertiary/aromatic N) is 3. The van der Waals surface area contributed by atoms with Crippen LogP contribution in [0, 0.1) is 11.3 Å². The monoisotopic (exact) mass is 551 g/mol. The number of nitriles is 1. The van der Waals surface area contributed by atoms with E-state index in [2.05, 4.69) is 126 Å². The average molecular weight is 552 g/mol. The summed E-state index contributed by atoms with van der Waals surface area (Å²) in [4.78, 5) is 5.00. The summed E-state index contributed by atoms with van der Waals surface area (Å²) >= 11 is 0. The van der Waals surface area contributed by atoms with Crippen LogP contribution in [-0.2, 0) is 0 Å². The summed E-state index contributed by atoms with van der Waals surface area (Å²) < 4.78 is 0. The highest BCUT2D eigenvalue weighted by Crippen LogP contribution is 2.49. The number of allylic oxidation sites excluding steroid dienone is 4. The van der Waals surface area contributed by atoms with Gasteiger partial charge in [0.15, 0.2) is 0 Å². The summed E-state index contributed by atoms with van der Waals surface area (Å²) in [5.41, 5.74) is 8.05. The van der Waals surface area contributed by atoms with E-state index in [4.69, 9.17) is 0 Å². The quantitative estimate of drug-likeness (QED) is 0.253. The first-order valence-corrected chi connectivity index (χ1v) is 17.0. The lowest BCUT2D eigenvalue weighted by molar-refractivity contribution is 0.419. The lowest BCUT2D eigenvalue weighted by atomic mass is 9.89. The molecule has 7 rings (SSSR count). The van der Waals surface area contributed by atoms with Crippen LogP contribution in [0.3, 0.4) is 0 Å². The fraction of sp³-hybridized carbons (Fsp3) is 0.270. The van der Waals surface area contributed by atoms with Crippen LogP contribution in [0.15, 0.2) is 121 Å². The largest absolute Gasteiger partial charge is 0.376 e. The van der Waals surface area contributed by atoms with Crippen molar-refractivity contribution in [2.24, 2.45) is 0 Å². The molecule has 4 heteroatoms. The Bertz CT molecular complexity index is 1560. The van der Waals surface area contributed by atoms with Crippen LogP contribution in [0.5, 0.6) is 0 Å². The van der Waals surface area contributed by atoms with E-state index in [1.807, 2.05) is 12.3 Å². The van der Waals surface area contributed by atoms with Crippen molar-refractivity contribution in [3.05, 3.63) is 127 Å². The van der Waals surface area contributed by atoms with Gasteiger partial charge in [-0.05, 0) is 77.2 Å². The van der Waals surface area contributed by atoms with Crippen molar-refractivity contribution in [3.63, 3.8) is 0 Å². The second-order valence-corrected chi connectivity index (χ2v) is 15.2. The molecule has 204 valence electrons. The maximum atomic E-state index is 9.92. The number of hydrogen-bond donors (Lipinski definition) is 0. The predicted octanol–water partition coefficient (Wildman–Crippen LogP) is 7.22. The van der Waals surface area contributed by atoms with Crippen LogP contribution in [0.25, 0.3) is 16.7 Å². The number of fused-ring (bicyclic) bond motifs is 2. The lowest BCUT2D eigenvalue weighted by Crippen LogP contribution is -2.62. The Balaban J connectivity index is 1.32. The highest BCUT2D eigenvalue weighted by Gasteiger charge is 2.49. The van der Waals surface area contributed by atoms with Gasteiger partial charge in [-0.15, -0.1) is 0 Å². The van der Waals surface area contributed by atoms with Crippen LogP contribution in [-0.4, -0.2) is 39.4 Å². The fourth-order valence-electron chi connectivity index (χ4n) is 7.91. The van der Waals surface area contributed by atoms with E-state index in [1.54, 1.807) is 5.19 Å². The first-order chi connectivity index (χ1) is 20.2. The molecule has 41 heavy (non-hydrogen) atoms. The van der Waals surface area contributed by atoms with Gasteiger partial charge in [-0.2, -0.15) is 5.26 Å². The summed E-state index contributed by atoms with van der Waals surface area (Å²) in [7, 11) is 0.765. The van der Waals surface area contributed by atoms with Gasteiger partial charge in [-0.3, -0.25) is 0 Å². The molecule has 0 radical (unpaired) electrons. The minimum absolute atomic E-state index is 0.542. The molecule has 2 aliphatic heterocycles. The zero-order valence-corrected chi connectivity index (χ0v) is 24.9. The van der Waals surface area contributed by atoms with Crippen LogP contribution in [0.2, 0.25) is 11.1 Å². The fourth-order valence-corrected chi connectivity index (χ4v) is 12.5. The van der Waals surface area contributed by atoms with E-state index in [0.29, 0.717) is 23.2 Å². The van der Waals surface area contributed by atoms with E-state index < -0.39 is 8.80 Å². The second kappa shape index (κ2) is 11.1. The van der Waals surface area contributed by atoms with E-state index in [0.717, 1.165) is 36.1 Å². The third-order valence-corrected chi connectivity index (χ3v) is 13.8. The molecule has 4 atom stereocenters. The van der Waals surface area contributed by atoms with Gasteiger partial charge in [0.2, 0.25) is 0 Å². The summed E-state index contributed by atoms with van der Waals surface area (Å²) in [5.74, 6) is 0. The van der Waals surface area contributed by atoms with E-state index in [-0.39, 0.29) is 0 Å². The van der Waals surface area contributed by atoms with Gasteiger partial charge in [0.1, 0.15) is 0 Å². The molecule has 2 aliphatic carbocycles. The van der Waals surface area contributed by atoms with Crippen molar-refractivity contribution >= 4 is 25.2 Å². The maximum Gasteiger partial charge on any atom is 0.0996 e. The summed E-state index contributed by atoms with van der Waals surface area (Å²) in [5, 5.41) is 11.5. The molecule has 0 N–H and O–H groups in total. The van der Waals surface area contributed by atoms with E-state index >= 15 is 0 Å². The third kappa shape index (κ3) is 4.69. The highest BCUT2D eigenvalue weighted by molar-refractivity contribution is 6.77. The molecule has 3 aromatic rings. The van der Waals surface area contributed by atoms with Crippen molar-refractivity contribution in [1.29, 1.82) is 5.26 Å². The number of benzene rings is 3. The van der Waals surface area contributed by atoms with Gasteiger partial charge >= 0.3 is 0 Å². The molecule has 0 amide bonds. The molecule has 0 bridgehead atoms. The normalized spacial score (nSPS) is 26.9. The van der Waals surface area contributed by atoms with E-state index in [1.165, 1.54) is 29.7 Å². The van der Waals surface area contributed by atoms with Gasteiger partial charge in [-0.1, -0.05) is 96.2 Å². The van der Waals surface area contributed by atoms with Gasteiger partial charge < -0.3 is 9.80 Å². The number of likely N-dealkylation sites (N-methyl/N-ethyl adjacent to an activating group) is 1. The Morgan fingerprint density at radius 1 is 0.805 bits per heavy atom. The Hall–Kier alpha value is -4.07. The number of anilines is 1. The van der Waals surface area contributed by atoms with Gasteiger partial charge in [0.25, 0.3) is 0 Å². The zero-order chi connectivity index (χ0) is 27.8. The first-order valence-electron chi connectivity index (χ1n) is 15.1. The summed E-state index contributed by atoms with van der Waals surface area (Å²) in [6, 6.07) is 32.9. The molecule has 0 spiro atoms. The third-order valence-electron chi connectivity index (χ3n) is 9.65. The van der Waals surface area contributed by atoms with Crippen LogP contribution in [0.4, 0.5) is 5.69 Å². The van der Waals surface area contributed by atoms with Crippen molar-refractivity contribution < 1.29 is 0 Å². The van der Waals surface area contributed by atoms with Crippen LogP contribution >= 0.6 is 0 Å². The lowest BCUT2D eigenvalue weighted by Gasteiger charge is -2.56. The SMILES string of the molecule is CN1C=CC(C#N)=C(c2ccccc2-c2cccc(N3C4CCC=CC4[SiH](c4ccccc4)C4C=CCCC43)c2)C1. The molecule has 1 saturated heterocycles. The van der Waals surface area contributed by atoms with Crippen molar-refractivity contribution in [1.82, 2.24) is 4.90 Å². The van der Waals surface area contributed by atoms with Gasteiger partial charge in [-0.25, -0.2) is 0 Å². The average Bonchev–Trinajstić information content (AvgIpc) is 3.04. The van der Waals surface area contributed by atoms with Crippen molar-refractivity contribution in [2.75, 3.05) is 18.5 Å². The Morgan fingerprint density at radius 3 is 2.20 bits per heavy atom. The molecular weight excluding hydrogens is 515 g/mol. The summed E-state index contributed by atoms with van der Waals surface area (Å²) in [6.45, 7) is 0.736. The zero-order valence-electron chi connectivity index (χ0n) is 23.7. The van der Waals surface area contributed by atoms with E-state index in [9.17, 15) is 5.26 Å². The molecule has 3 nitrogen and oxygen atoms in total. The van der Waals surface area contributed by atoms with Crippen molar-refractivity contribution in [3.8, 4) is 17.2 Å². The molecule has 0 aromatic heterocycles. The Morgan fingerprint density at radius 2 is 1.49 bits per heavy atom. The molecule has 0 saturated carbocycles. The molecule has 3 aromatic carbocycles. The van der Waals surface area contributed by atoms with Gasteiger partial charge in [0, 0.05) is 37.6 Å². The minimum Gasteiger partial charge on any atom is -0.376 e. The molecule has 2 heterocycles. The second-order valence-electron chi connectivity index (χ2n) is 12.0. The molecule has 4 unspecified atom stereocenters. The smallest absolute Gasteiger partial charge is 0.0996 e. The van der Waals surface area contributed by atoms with Crippen molar-refractivity contribution in [2.45, 2.75) is 48.8 Å². The molecule has 1 fully saturated rings. The topological polar surface area (TPSA) is 30.3 Å². The van der Waals surface area contributed by atoms with Gasteiger partial charge in [0.05, 0.1) is 20.4 Å². The predicted molar refractivity (Wildman–Crippen MR) is 174 cm³/mol. The Labute approximate surface area is 246 Å². The molecular formula is C37H37N3Si. The summed E-state index contributed by atoms with van der Waals surface area (Å²) in [6.07, 6.45) is 18.8. The molecule has 4 aliphatic rings. The number of hydrogen-bond acceptors (Lipinski definition) is 3. The maximum absolute atomic E-state index is 9.92. The number of rotatable bonds is 4. The van der Waals surface area contributed by atoms with Crippen LogP contribution < -0.4 is 10.1 Å². The first kappa shape index (κ1) is 25.9. The standard InChI is InChI=1S/C37H37N3Si/c1-39-23-22-28(25-38)33(26-39)32-17-6-5-16-31(32)27-12-11-13-29(24-27)40-34-18-7-9-20-36(34)41(30-14-3-2-4-15-30)37-21-10-8-19-35(37)40/h2-6,9-17,20-24,34-37,41H,7-8,18-19,26H2,1H3. The minimum atomic E-state index is -1.30. The van der Waals surface area contributed by atoms with Crippen LogP contribution in [0.1, 0.15) is 31.2 Å².